The summed E-state index contributed by atoms with van der Waals surface area (Å²) in [6.07, 6.45) is 3.49. The van der Waals surface area contributed by atoms with Gasteiger partial charge in [-0.25, -0.2) is 4.79 Å². The number of nitrogens with zero attached hydrogens (tertiary/aromatic N) is 2. The Kier molecular flexibility index (Phi) is 7.21. The van der Waals surface area contributed by atoms with E-state index in [1.54, 1.807) is 11.6 Å². The van der Waals surface area contributed by atoms with Gasteiger partial charge in [-0.05, 0) is 13.3 Å². The number of aryl methyl sites for hydroxylation is 1. The number of alkyl halides is 1. The SMILES string of the molecule is CCCCn1nc(S(C)=O)c(C(=O)OCC)c1CC1COC(Cl)O1. The summed E-state index contributed by atoms with van der Waals surface area (Å²) in [5.41, 5.74) is 0.932. The zero-order valence-electron chi connectivity index (χ0n) is 14.1. The first-order chi connectivity index (χ1) is 11.5. The van der Waals surface area contributed by atoms with Crippen molar-refractivity contribution < 1.29 is 23.2 Å². The van der Waals surface area contributed by atoms with Crippen LogP contribution in [0.4, 0.5) is 0 Å². The first-order valence-corrected chi connectivity index (χ1v) is 9.98. The van der Waals surface area contributed by atoms with Gasteiger partial charge in [0.2, 0.25) is 5.75 Å². The second-order valence-corrected chi connectivity index (χ2v) is 7.10. The van der Waals surface area contributed by atoms with Gasteiger partial charge in [-0.15, -0.1) is 0 Å². The Morgan fingerprint density at radius 3 is 2.79 bits per heavy atom. The highest BCUT2D eigenvalue weighted by Crippen LogP contribution is 2.25. The molecule has 7 nitrogen and oxygen atoms in total. The van der Waals surface area contributed by atoms with Gasteiger partial charge in [-0.3, -0.25) is 8.89 Å². The summed E-state index contributed by atoms with van der Waals surface area (Å²) in [5.74, 6) is -1.30. The molecule has 1 aromatic rings. The van der Waals surface area contributed by atoms with Gasteiger partial charge in [-0.1, -0.05) is 24.9 Å². The van der Waals surface area contributed by atoms with Crippen molar-refractivity contribution >= 4 is 28.4 Å². The van der Waals surface area contributed by atoms with E-state index >= 15 is 0 Å². The summed E-state index contributed by atoms with van der Waals surface area (Å²) >= 11 is 5.80. The maximum absolute atomic E-state index is 12.4. The Hall–Kier alpha value is -0.960. The van der Waals surface area contributed by atoms with Gasteiger partial charge in [0.05, 0.1) is 35.8 Å². The molecule has 0 aliphatic carbocycles. The Balaban J connectivity index is 2.40. The Bertz CT molecular complexity index is 607. The van der Waals surface area contributed by atoms with Crippen LogP contribution in [0.5, 0.6) is 0 Å². The molecule has 3 unspecified atom stereocenters. The van der Waals surface area contributed by atoms with Gasteiger partial charge in [0.15, 0.2) is 5.03 Å². The van der Waals surface area contributed by atoms with E-state index in [0.717, 1.165) is 12.8 Å². The lowest BCUT2D eigenvalue weighted by Crippen LogP contribution is -2.20. The van der Waals surface area contributed by atoms with Crippen molar-refractivity contribution in [2.24, 2.45) is 0 Å². The van der Waals surface area contributed by atoms with E-state index < -0.39 is 22.5 Å². The molecule has 0 aromatic carbocycles. The average molecular weight is 379 g/mol. The molecule has 0 radical (unpaired) electrons. The molecule has 2 rings (SSSR count). The lowest BCUT2D eigenvalue weighted by molar-refractivity contribution is 0.00779. The zero-order chi connectivity index (χ0) is 17.7. The maximum Gasteiger partial charge on any atom is 0.342 e. The van der Waals surface area contributed by atoms with Crippen molar-refractivity contribution in [2.45, 2.75) is 56.5 Å². The highest BCUT2D eigenvalue weighted by molar-refractivity contribution is 7.84. The fourth-order valence-corrected chi connectivity index (χ4v) is 3.44. The topological polar surface area (TPSA) is 79.7 Å². The quantitative estimate of drug-likeness (QED) is 0.509. The monoisotopic (exact) mass is 378 g/mol. The second-order valence-electron chi connectivity index (χ2n) is 5.45. The number of ether oxygens (including phenoxy) is 3. The van der Waals surface area contributed by atoms with Crippen LogP contribution in [0.3, 0.4) is 0 Å². The van der Waals surface area contributed by atoms with Crippen molar-refractivity contribution in [1.82, 2.24) is 9.78 Å². The molecule has 0 amide bonds. The summed E-state index contributed by atoms with van der Waals surface area (Å²) in [4.78, 5) is 12.4. The van der Waals surface area contributed by atoms with Crippen molar-refractivity contribution in [2.75, 3.05) is 19.5 Å². The molecule has 1 aromatic heterocycles. The van der Waals surface area contributed by atoms with Crippen molar-refractivity contribution in [3.8, 4) is 0 Å². The molecule has 0 spiro atoms. The number of halogens is 1. The molecule has 1 aliphatic rings. The molecule has 0 bridgehead atoms. The van der Waals surface area contributed by atoms with Crippen LogP contribution in [0.2, 0.25) is 0 Å². The van der Waals surface area contributed by atoms with Crippen molar-refractivity contribution in [3.63, 3.8) is 0 Å². The number of carbonyl (C=O) groups excluding carboxylic acids is 1. The normalized spacial score (nSPS) is 21.8. The van der Waals surface area contributed by atoms with E-state index in [-0.39, 0.29) is 23.3 Å². The number of esters is 1. The standard InChI is InChI=1S/C15H23ClN2O5S/c1-4-6-7-18-11(8-10-9-22-15(16)23-10)12(14(19)21-5-2)13(17-18)24(3)20/h10,15H,4-9H2,1-3H3. The first-order valence-electron chi connectivity index (χ1n) is 7.99. The minimum absolute atomic E-state index is 0.237. The smallest absolute Gasteiger partial charge is 0.342 e. The van der Waals surface area contributed by atoms with Gasteiger partial charge in [-0.2, -0.15) is 5.10 Å². The predicted octanol–water partition coefficient (Wildman–Crippen LogP) is 2.08. The second kappa shape index (κ2) is 8.94. The average Bonchev–Trinajstić information content (AvgIpc) is 3.10. The summed E-state index contributed by atoms with van der Waals surface area (Å²) in [6.45, 7) is 5.00. The molecule has 0 saturated carbocycles. The summed E-state index contributed by atoms with van der Waals surface area (Å²) in [6, 6.07) is 0. The number of hydrogen-bond acceptors (Lipinski definition) is 6. The summed E-state index contributed by atoms with van der Waals surface area (Å²) in [7, 11) is -1.40. The minimum atomic E-state index is -1.40. The number of carbonyl (C=O) groups is 1. The number of rotatable bonds is 8. The van der Waals surface area contributed by atoms with E-state index in [4.69, 9.17) is 25.8 Å². The largest absolute Gasteiger partial charge is 0.462 e. The van der Waals surface area contributed by atoms with Crippen molar-refractivity contribution in [1.29, 1.82) is 0 Å². The van der Waals surface area contributed by atoms with E-state index in [2.05, 4.69) is 12.0 Å². The molecule has 9 heteroatoms. The van der Waals surface area contributed by atoms with Gasteiger partial charge in [0.25, 0.3) is 0 Å². The maximum atomic E-state index is 12.4. The van der Waals surface area contributed by atoms with Crippen molar-refractivity contribution in [3.05, 3.63) is 11.3 Å². The molecule has 3 atom stereocenters. The van der Waals surface area contributed by atoms with Crippen LogP contribution in [0, 0.1) is 0 Å². The molecule has 24 heavy (non-hydrogen) atoms. The van der Waals surface area contributed by atoms with Gasteiger partial charge < -0.3 is 14.2 Å². The van der Waals surface area contributed by atoms with Crippen LogP contribution in [0.1, 0.15) is 42.7 Å². The Labute approximate surface area is 149 Å². The van der Waals surface area contributed by atoms with E-state index in [1.165, 1.54) is 6.26 Å². The molecule has 1 fully saturated rings. The minimum Gasteiger partial charge on any atom is -0.462 e. The van der Waals surface area contributed by atoms with Crippen LogP contribution in [-0.4, -0.2) is 51.3 Å². The van der Waals surface area contributed by atoms with E-state index in [9.17, 15) is 9.00 Å². The third-order valence-corrected chi connectivity index (χ3v) is 4.69. The number of aromatic nitrogens is 2. The first kappa shape index (κ1) is 19.4. The molecule has 0 N–H and O–H groups in total. The highest BCUT2D eigenvalue weighted by atomic mass is 35.5. The molecular weight excluding hydrogens is 356 g/mol. The summed E-state index contributed by atoms with van der Waals surface area (Å²) in [5, 5.41) is 4.65. The number of unbranched alkanes of at least 4 members (excludes halogenated alkanes) is 1. The van der Waals surface area contributed by atoms with Crippen LogP contribution < -0.4 is 0 Å². The van der Waals surface area contributed by atoms with Crippen LogP contribution in [0.15, 0.2) is 5.03 Å². The molecule has 1 aliphatic heterocycles. The Morgan fingerprint density at radius 2 is 2.25 bits per heavy atom. The molecule has 2 heterocycles. The molecular formula is C15H23ClN2O5S. The lowest BCUT2D eigenvalue weighted by atomic mass is 10.1. The zero-order valence-corrected chi connectivity index (χ0v) is 15.7. The number of hydrogen-bond donors (Lipinski definition) is 0. The highest BCUT2D eigenvalue weighted by Gasteiger charge is 2.31. The lowest BCUT2D eigenvalue weighted by Gasteiger charge is -2.12. The van der Waals surface area contributed by atoms with Crippen LogP contribution in [-0.2, 0) is 38.0 Å². The van der Waals surface area contributed by atoms with Crippen LogP contribution >= 0.6 is 11.6 Å². The van der Waals surface area contributed by atoms with Gasteiger partial charge in [0.1, 0.15) is 5.56 Å². The molecule has 136 valence electrons. The fourth-order valence-electron chi connectivity index (χ4n) is 2.52. The van der Waals surface area contributed by atoms with E-state index in [1.807, 2.05) is 0 Å². The Morgan fingerprint density at radius 1 is 1.50 bits per heavy atom. The third-order valence-electron chi connectivity index (χ3n) is 3.63. The van der Waals surface area contributed by atoms with E-state index in [0.29, 0.717) is 25.3 Å². The molecule has 1 saturated heterocycles. The van der Waals surface area contributed by atoms with Crippen LogP contribution in [0.25, 0.3) is 0 Å². The van der Waals surface area contributed by atoms with Gasteiger partial charge in [0, 0.05) is 19.2 Å². The van der Waals surface area contributed by atoms with Gasteiger partial charge >= 0.3 is 5.97 Å². The fraction of sp³-hybridized carbons (Fsp3) is 0.733. The predicted molar refractivity (Wildman–Crippen MR) is 89.6 cm³/mol. The summed E-state index contributed by atoms with van der Waals surface area (Å²) < 4.78 is 29.6. The third kappa shape index (κ3) is 4.56.